The highest BCUT2D eigenvalue weighted by atomic mass is 32.2. The minimum atomic E-state index is -1.42. The SMILES string of the molecule is Cc1ccc([S@@](=O)C[C@](C)(N[S@](=O)c2ccc(C)cc2)c2ccccc2)cc1. The lowest BCUT2D eigenvalue weighted by Gasteiger charge is -2.30. The fraction of sp³-hybridized carbons (Fsp3) is 0.217. The molecule has 28 heavy (non-hydrogen) atoms. The van der Waals surface area contributed by atoms with E-state index in [-0.39, 0.29) is 0 Å². The number of aryl methyl sites for hydroxylation is 2. The molecule has 0 bridgehead atoms. The van der Waals surface area contributed by atoms with Crippen LogP contribution in [-0.4, -0.2) is 14.2 Å². The number of hydrogen-bond donors (Lipinski definition) is 1. The highest BCUT2D eigenvalue weighted by Gasteiger charge is 2.31. The maximum atomic E-state index is 13.1. The highest BCUT2D eigenvalue weighted by molar-refractivity contribution is 7.85. The Kier molecular flexibility index (Phi) is 6.60. The molecule has 0 radical (unpaired) electrons. The Hall–Kier alpha value is -2.08. The summed E-state index contributed by atoms with van der Waals surface area (Å²) in [5, 5.41) is 0. The molecule has 0 saturated heterocycles. The van der Waals surface area contributed by atoms with E-state index in [4.69, 9.17) is 0 Å². The molecule has 3 nitrogen and oxygen atoms in total. The largest absolute Gasteiger partial charge is 0.254 e. The molecule has 0 fully saturated rings. The first-order valence-corrected chi connectivity index (χ1v) is 11.6. The van der Waals surface area contributed by atoms with Gasteiger partial charge in [0.1, 0.15) is 11.0 Å². The molecular formula is C23H25NO2S2. The first kappa shape index (κ1) is 20.6. The lowest BCUT2D eigenvalue weighted by molar-refractivity contribution is 0.499. The average Bonchev–Trinajstić information content (AvgIpc) is 2.69. The lowest BCUT2D eigenvalue weighted by atomic mass is 9.96. The summed E-state index contributed by atoms with van der Waals surface area (Å²) in [5.74, 6) is 0.317. The molecule has 3 aromatic carbocycles. The number of hydrogen-bond acceptors (Lipinski definition) is 2. The minimum absolute atomic E-state index is 0.317. The van der Waals surface area contributed by atoms with E-state index in [0.29, 0.717) is 10.6 Å². The Bertz CT molecular complexity index is 908. The van der Waals surface area contributed by atoms with Crippen LogP contribution in [0.2, 0.25) is 0 Å². The summed E-state index contributed by atoms with van der Waals surface area (Å²) in [6, 6.07) is 25.1. The van der Waals surface area contributed by atoms with Crippen LogP contribution in [0.1, 0.15) is 23.6 Å². The van der Waals surface area contributed by atoms with Crippen molar-refractivity contribution >= 4 is 21.8 Å². The molecule has 0 unspecified atom stereocenters. The predicted octanol–water partition coefficient (Wildman–Crippen LogP) is 4.64. The Morgan fingerprint density at radius 2 is 1.25 bits per heavy atom. The molecule has 0 aliphatic carbocycles. The van der Waals surface area contributed by atoms with Crippen LogP contribution in [0.5, 0.6) is 0 Å². The van der Waals surface area contributed by atoms with Gasteiger partial charge in [0, 0.05) is 4.90 Å². The van der Waals surface area contributed by atoms with Crippen molar-refractivity contribution in [2.45, 2.75) is 36.1 Å². The monoisotopic (exact) mass is 411 g/mol. The smallest absolute Gasteiger partial charge is 0.125 e. The zero-order valence-electron chi connectivity index (χ0n) is 16.3. The van der Waals surface area contributed by atoms with Crippen LogP contribution in [0.15, 0.2) is 88.7 Å². The van der Waals surface area contributed by atoms with Gasteiger partial charge in [0.25, 0.3) is 0 Å². The molecule has 0 spiro atoms. The second-order valence-corrected chi connectivity index (χ2v) is 9.85. The van der Waals surface area contributed by atoms with Gasteiger partial charge in [0.05, 0.1) is 27.0 Å². The number of nitrogens with one attached hydrogen (secondary N) is 1. The minimum Gasteiger partial charge on any atom is -0.254 e. The molecule has 146 valence electrons. The van der Waals surface area contributed by atoms with Crippen LogP contribution in [0.25, 0.3) is 0 Å². The lowest BCUT2D eigenvalue weighted by Crippen LogP contribution is -2.45. The summed E-state index contributed by atoms with van der Waals surface area (Å²) in [7, 11) is -2.66. The number of rotatable bonds is 7. The number of benzene rings is 3. The van der Waals surface area contributed by atoms with E-state index in [0.717, 1.165) is 21.6 Å². The quantitative estimate of drug-likeness (QED) is 0.616. The molecule has 0 amide bonds. The van der Waals surface area contributed by atoms with Crippen LogP contribution in [-0.2, 0) is 27.3 Å². The molecule has 0 saturated carbocycles. The van der Waals surface area contributed by atoms with Crippen molar-refractivity contribution in [3.63, 3.8) is 0 Å². The van der Waals surface area contributed by atoms with Gasteiger partial charge >= 0.3 is 0 Å². The fourth-order valence-corrected chi connectivity index (χ4v) is 5.50. The molecule has 0 aromatic heterocycles. The summed E-state index contributed by atoms with van der Waals surface area (Å²) in [6.45, 7) is 5.96. The van der Waals surface area contributed by atoms with E-state index < -0.39 is 27.3 Å². The first-order chi connectivity index (χ1) is 13.4. The third-order valence-corrected chi connectivity index (χ3v) is 7.64. The van der Waals surface area contributed by atoms with E-state index in [1.165, 1.54) is 0 Å². The van der Waals surface area contributed by atoms with Crippen LogP contribution in [0.3, 0.4) is 0 Å². The summed E-state index contributed by atoms with van der Waals surface area (Å²) in [4.78, 5) is 1.48. The Morgan fingerprint density at radius 3 is 1.79 bits per heavy atom. The van der Waals surface area contributed by atoms with Crippen LogP contribution in [0.4, 0.5) is 0 Å². The van der Waals surface area contributed by atoms with Crippen LogP contribution >= 0.6 is 0 Å². The van der Waals surface area contributed by atoms with E-state index in [1.807, 2.05) is 99.6 Å². The third kappa shape index (κ3) is 5.04. The van der Waals surface area contributed by atoms with Crippen molar-refractivity contribution < 1.29 is 8.42 Å². The second kappa shape index (κ2) is 8.95. The average molecular weight is 412 g/mol. The van der Waals surface area contributed by atoms with Crippen molar-refractivity contribution in [1.82, 2.24) is 4.72 Å². The van der Waals surface area contributed by atoms with E-state index in [9.17, 15) is 8.42 Å². The van der Waals surface area contributed by atoms with Crippen LogP contribution < -0.4 is 4.72 Å². The Morgan fingerprint density at radius 1 is 0.750 bits per heavy atom. The van der Waals surface area contributed by atoms with Gasteiger partial charge in [-0.05, 0) is 50.6 Å². The van der Waals surface area contributed by atoms with Gasteiger partial charge in [-0.15, -0.1) is 0 Å². The summed E-state index contributed by atoms with van der Waals surface area (Å²) in [6.07, 6.45) is 0. The molecule has 1 N–H and O–H groups in total. The molecule has 3 rings (SSSR count). The van der Waals surface area contributed by atoms with E-state index in [1.54, 1.807) is 0 Å². The molecule has 0 aliphatic heterocycles. The van der Waals surface area contributed by atoms with Crippen molar-refractivity contribution in [2.24, 2.45) is 0 Å². The predicted molar refractivity (Wildman–Crippen MR) is 117 cm³/mol. The standard InChI is InChI=1S/C23H25NO2S2/c1-18-9-13-21(14-10-18)27(25)17-23(3,20-7-5-4-6-8-20)24-28(26)22-15-11-19(2)12-16-22/h4-16,24H,17H2,1-3H3/t23-,27-,28+/m0/s1. The second-order valence-electron chi connectivity index (χ2n) is 7.18. The molecule has 0 heterocycles. The van der Waals surface area contributed by atoms with Crippen molar-refractivity contribution in [2.75, 3.05) is 5.75 Å². The van der Waals surface area contributed by atoms with Gasteiger partial charge in [-0.25, -0.2) is 8.93 Å². The van der Waals surface area contributed by atoms with E-state index >= 15 is 0 Å². The zero-order valence-corrected chi connectivity index (χ0v) is 18.0. The van der Waals surface area contributed by atoms with Gasteiger partial charge in [0.15, 0.2) is 0 Å². The van der Waals surface area contributed by atoms with Gasteiger partial charge in [-0.1, -0.05) is 65.7 Å². The highest BCUT2D eigenvalue weighted by Crippen LogP contribution is 2.26. The van der Waals surface area contributed by atoms with Crippen molar-refractivity contribution in [3.05, 3.63) is 95.6 Å². The van der Waals surface area contributed by atoms with Gasteiger partial charge in [-0.2, -0.15) is 0 Å². The van der Waals surface area contributed by atoms with Gasteiger partial charge < -0.3 is 0 Å². The first-order valence-electron chi connectivity index (χ1n) is 9.14. The van der Waals surface area contributed by atoms with Gasteiger partial charge in [-0.3, -0.25) is 4.21 Å². The molecule has 3 aromatic rings. The van der Waals surface area contributed by atoms with Crippen molar-refractivity contribution in [1.29, 1.82) is 0 Å². The Balaban J connectivity index is 1.89. The third-order valence-electron chi connectivity index (χ3n) is 4.67. The summed E-state index contributed by atoms with van der Waals surface area (Å²) in [5.41, 5.74) is 2.49. The Labute approximate surface area is 172 Å². The van der Waals surface area contributed by atoms with Crippen LogP contribution in [0, 0.1) is 13.8 Å². The zero-order chi connectivity index (χ0) is 20.1. The van der Waals surface area contributed by atoms with E-state index in [2.05, 4.69) is 4.72 Å². The van der Waals surface area contributed by atoms with Gasteiger partial charge in [0.2, 0.25) is 0 Å². The summed E-state index contributed by atoms with van der Waals surface area (Å²) >= 11 is 0. The molecule has 5 heteroatoms. The van der Waals surface area contributed by atoms with Crippen molar-refractivity contribution in [3.8, 4) is 0 Å². The maximum absolute atomic E-state index is 13.1. The molecule has 0 aliphatic rings. The normalized spacial score (nSPS) is 15.5. The topological polar surface area (TPSA) is 46.2 Å². The fourth-order valence-electron chi connectivity index (χ4n) is 2.94. The molecular weight excluding hydrogens is 386 g/mol. The molecule has 3 atom stereocenters. The summed E-state index contributed by atoms with van der Waals surface area (Å²) < 4.78 is 29.3. The maximum Gasteiger partial charge on any atom is 0.125 e.